The Labute approximate surface area is 81.7 Å². The Bertz CT molecular complexity index is 119. The third kappa shape index (κ3) is 3.11. The van der Waals surface area contributed by atoms with Crippen LogP contribution in [-0.2, 0) is 0 Å². The van der Waals surface area contributed by atoms with Crippen molar-refractivity contribution in [3.63, 3.8) is 0 Å². The molecule has 0 nitrogen and oxygen atoms in total. The van der Waals surface area contributed by atoms with Crippen molar-refractivity contribution in [3.05, 3.63) is 0 Å². The summed E-state index contributed by atoms with van der Waals surface area (Å²) in [5.74, 6) is 4.10. The fraction of sp³-hybridized carbons (Fsp3) is 1.00. The van der Waals surface area contributed by atoms with E-state index in [-0.39, 0.29) is 0 Å². The van der Waals surface area contributed by atoms with Crippen LogP contribution in [0.25, 0.3) is 0 Å². The highest BCUT2D eigenvalue weighted by molar-refractivity contribution is 8.09. The van der Waals surface area contributed by atoms with Gasteiger partial charge in [-0.05, 0) is 6.42 Å². The van der Waals surface area contributed by atoms with Crippen LogP contribution in [0.4, 0.5) is 0 Å². The van der Waals surface area contributed by atoms with Crippen LogP contribution in [0.3, 0.4) is 0 Å². The van der Waals surface area contributed by atoms with E-state index < -0.39 is 0 Å². The van der Waals surface area contributed by atoms with Crippen molar-refractivity contribution in [2.75, 3.05) is 17.3 Å². The summed E-state index contributed by atoms with van der Waals surface area (Å²) in [6.07, 6.45) is 1.55. The van der Waals surface area contributed by atoms with Crippen LogP contribution in [0.2, 0.25) is 0 Å². The molecule has 3 fully saturated rings. The zero-order valence-corrected chi connectivity index (χ0v) is 9.23. The Morgan fingerprint density at radius 2 is 1.82 bits per heavy atom. The number of hydrogen-bond donors (Lipinski definition) is 0. The van der Waals surface area contributed by atoms with Crippen molar-refractivity contribution in [3.8, 4) is 0 Å². The summed E-state index contributed by atoms with van der Waals surface area (Å²) in [6.45, 7) is 2.30. The molecule has 0 N–H and O–H groups in total. The van der Waals surface area contributed by atoms with E-state index in [1.165, 1.54) is 27.8 Å². The molecule has 64 valence electrons. The van der Waals surface area contributed by atoms with Gasteiger partial charge in [0.25, 0.3) is 0 Å². The van der Waals surface area contributed by atoms with Crippen LogP contribution < -0.4 is 0 Å². The lowest BCUT2D eigenvalue weighted by Gasteiger charge is -2.15. The maximum Gasteiger partial charge on any atom is 0.0181 e. The zero-order valence-electron chi connectivity index (χ0n) is 6.79. The van der Waals surface area contributed by atoms with Crippen molar-refractivity contribution < 1.29 is 0 Å². The van der Waals surface area contributed by atoms with Gasteiger partial charge in [-0.25, -0.2) is 0 Å². The van der Waals surface area contributed by atoms with E-state index in [1.54, 1.807) is 6.42 Å². The molecule has 0 aromatic heterocycles. The first-order chi connectivity index (χ1) is 5.36. The smallest absolute Gasteiger partial charge is 0.0181 e. The first kappa shape index (κ1) is 8.64. The molecule has 2 heterocycles. The Morgan fingerprint density at radius 1 is 1.18 bits per heavy atom. The topological polar surface area (TPSA) is 0 Å². The van der Waals surface area contributed by atoms with E-state index >= 15 is 0 Å². The number of rotatable bonds is 0. The molecule has 0 spiro atoms. The second-order valence-electron chi connectivity index (χ2n) is 3.21. The summed E-state index contributed by atoms with van der Waals surface area (Å²) in [6, 6.07) is 0. The van der Waals surface area contributed by atoms with Gasteiger partial charge in [-0.2, -0.15) is 35.3 Å². The molecule has 0 radical (unpaired) electrons. The van der Waals surface area contributed by atoms with E-state index in [2.05, 4.69) is 42.2 Å². The highest BCUT2D eigenvalue weighted by Crippen LogP contribution is 2.62. The van der Waals surface area contributed by atoms with Crippen LogP contribution >= 0.6 is 35.3 Å². The van der Waals surface area contributed by atoms with E-state index in [4.69, 9.17) is 0 Å². The van der Waals surface area contributed by atoms with Gasteiger partial charge in [0.1, 0.15) is 0 Å². The molecule has 0 amide bonds. The average molecular weight is 206 g/mol. The van der Waals surface area contributed by atoms with E-state index in [9.17, 15) is 0 Å². The fourth-order valence-electron chi connectivity index (χ4n) is 0.924. The highest BCUT2D eigenvalue weighted by atomic mass is 32.2. The largest absolute Gasteiger partial charge is 0.160 e. The molecular weight excluding hydrogens is 192 g/mol. The molecular formula is C8H14S3. The Balaban J connectivity index is 0.0000000986. The standard InChI is InChI=1S/C5H10S2.C3H4S/c1-5-4-6-2-3-7-5;1-2-3(1)4-2/h5H,2-4H2,1H3;2-3H,1H2. The fourth-order valence-corrected chi connectivity index (χ4v) is 3.99. The minimum absolute atomic E-state index is 0.916. The molecule has 0 bridgehead atoms. The third-order valence-electron chi connectivity index (χ3n) is 1.93. The van der Waals surface area contributed by atoms with Gasteiger partial charge in [0.2, 0.25) is 0 Å². The summed E-state index contributed by atoms with van der Waals surface area (Å²) in [5.41, 5.74) is 0. The molecule has 2 aliphatic heterocycles. The molecule has 3 aliphatic rings. The second-order valence-corrected chi connectivity index (χ2v) is 7.38. The SMILES string of the molecule is C1C2SC12.CC1CSCCS1. The summed E-state index contributed by atoms with van der Waals surface area (Å²) < 4.78 is 0. The van der Waals surface area contributed by atoms with Gasteiger partial charge in [-0.15, -0.1) is 0 Å². The molecule has 2 saturated heterocycles. The minimum Gasteiger partial charge on any atom is -0.160 e. The van der Waals surface area contributed by atoms with Crippen molar-refractivity contribution in [1.82, 2.24) is 0 Å². The van der Waals surface area contributed by atoms with Gasteiger partial charge in [0, 0.05) is 33.0 Å². The average Bonchev–Trinajstić information content (AvgIpc) is 2.74. The number of hydrogen-bond acceptors (Lipinski definition) is 3. The molecule has 3 rings (SSSR count). The van der Waals surface area contributed by atoms with E-state index in [1.807, 2.05) is 0 Å². The highest BCUT2D eigenvalue weighted by Gasteiger charge is 2.54. The molecule has 3 unspecified atom stereocenters. The lowest BCUT2D eigenvalue weighted by Crippen LogP contribution is -2.08. The summed E-state index contributed by atoms with van der Waals surface area (Å²) in [4.78, 5) is 0. The summed E-state index contributed by atoms with van der Waals surface area (Å²) >= 11 is 6.30. The predicted molar refractivity (Wildman–Crippen MR) is 59.0 cm³/mol. The van der Waals surface area contributed by atoms with Gasteiger partial charge in [0.15, 0.2) is 0 Å². The van der Waals surface area contributed by atoms with Crippen molar-refractivity contribution in [1.29, 1.82) is 0 Å². The van der Waals surface area contributed by atoms with Gasteiger partial charge >= 0.3 is 0 Å². The number of thioether (sulfide) groups is 3. The van der Waals surface area contributed by atoms with Crippen LogP contribution in [0.5, 0.6) is 0 Å². The Hall–Kier alpha value is 1.05. The molecule has 11 heavy (non-hydrogen) atoms. The normalized spacial score (nSPS) is 45.0. The van der Waals surface area contributed by atoms with Gasteiger partial charge in [0.05, 0.1) is 0 Å². The molecule has 1 saturated carbocycles. The van der Waals surface area contributed by atoms with Gasteiger partial charge < -0.3 is 0 Å². The second kappa shape index (κ2) is 3.84. The maximum absolute atomic E-state index is 2.30. The Morgan fingerprint density at radius 3 is 2.00 bits per heavy atom. The monoisotopic (exact) mass is 206 g/mol. The van der Waals surface area contributed by atoms with Crippen LogP contribution in [0.1, 0.15) is 13.3 Å². The first-order valence-corrected chi connectivity index (χ1v) is 7.35. The van der Waals surface area contributed by atoms with Crippen LogP contribution in [0, 0.1) is 0 Å². The van der Waals surface area contributed by atoms with Crippen molar-refractivity contribution in [2.24, 2.45) is 0 Å². The lowest BCUT2D eigenvalue weighted by molar-refractivity contribution is 1.11. The van der Waals surface area contributed by atoms with Gasteiger partial charge in [-0.3, -0.25) is 0 Å². The van der Waals surface area contributed by atoms with Crippen LogP contribution in [-0.4, -0.2) is 33.0 Å². The molecule has 0 aromatic carbocycles. The molecule has 3 atom stereocenters. The molecule has 0 aromatic rings. The lowest BCUT2D eigenvalue weighted by atomic mass is 10.6. The van der Waals surface area contributed by atoms with E-state index in [0.717, 1.165) is 5.25 Å². The third-order valence-corrected chi connectivity index (χ3v) is 6.23. The summed E-state index contributed by atoms with van der Waals surface area (Å²) in [5, 5.41) is 3.25. The first-order valence-electron chi connectivity index (χ1n) is 4.21. The Kier molecular flexibility index (Phi) is 3.02. The van der Waals surface area contributed by atoms with E-state index in [0.29, 0.717) is 0 Å². The quantitative estimate of drug-likeness (QED) is 0.559. The van der Waals surface area contributed by atoms with Crippen molar-refractivity contribution in [2.45, 2.75) is 29.1 Å². The predicted octanol–water partition coefficient (Wildman–Crippen LogP) is 2.73. The zero-order chi connectivity index (χ0) is 7.68. The van der Waals surface area contributed by atoms with Crippen LogP contribution in [0.15, 0.2) is 0 Å². The maximum atomic E-state index is 2.30. The number of fused-ring (bicyclic) bond motifs is 1. The molecule has 3 heteroatoms. The minimum atomic E-state index is 0.916. The molecule has 1 aliphatic carbocycles. The summed E-state index contributed by atoms with van der Waals surface area (Å²) in [7, 11) is 0. The van der Waals surface area contributed by atoms with Gasteiger partial charge in [-0.1, -0.05) is 6.92 Å². The van der Waals surface area contributed by atoms with Crippen molar-refractivity contribution >= 4 is 35.3 Å².